The van der Waals surface area contributed by atoms with Gasteiger partial charge in [-0.05, 0) is 31.8 Å². The Morgan fingerprint density at radius 3 is 2.20 bits per heavy atom. The van der Waals surface area contributed by atoms with Crippen molar-refractivity contribution in [2.24, 2.45) is 5.92 Å². The molecule has 0 aliphatic rings. The SMILES string of the molecule is CC(C)CCCCNCCCS(C)(=O)=O. The van der Waals surface area contributed by atoms with E-state index in [1.54, 1.807) is 0 Å². The average molecular weight is 235 g/mol. The summed E-state index contributed by atoms with van der Waals surface area (Å²) < 4.78 is 21.6. The van der Waals surface area contributed by atoms with Gasteiger partial charge in [0.05, 0.1) is 5.75 Å². The molecular formula is C11H25NO2S. The molecule has 4 heteroatoms. The Balaban J connectivity index is 3.12. The van der Waals surface area contributed by atoms with Crippen LogP contribution < -0.4 is 5.32 Å². The highest BCUT2D eigenvalue weighted by Crippen LogP contribution is 2.04. The van der Waals surface area contributed by atoms with Crippen molar-refractivity contribution in [3.8, 4) is 0 Å². The molecule has 0 aromatic carbocycles. The van der Waals surface area contributed by atoms with Gasteiger partial charge in [-0.1, -0.05) is 26.7 Å². The number of sulfone groups is 1. The van der Waals surface area contributed by atoms with Gasteiger partial charge in [-0.15, -0.1) is 0 Å². The van der Waals surface area contributed by atoms with Crippen LogP contribution in [0.2, 0.25) is 0 Å². The molecule has 0 atom stereocenters. The molecule has 0 saturated heterocycles. The van der Waals surface area contributed by atoms with Gasteiger partial charge in [-0.3, -0.25) is 0 Å². The standard InChI is InChI=1S/C11H25NO2S/c1-11(2)7-4-5-8-12-9-6-10-15(3,13)14/h11-12H,4-10H2,1-3H3. The molecule has 0 aromatic rings. The van der Waals surface area contributed by atoms with Crippen LogP contribution in [0.4, 0.5) is 0 Å². The molecule has 0 aliphatic heterocycles. The van der Waals surface area contributed by atoms with E-state index in [1.165, 1.54) is 25.5 Å². The maximum absolute atomic E-state index is 10.8. The number of unbranched alkanes of at least 4 members (excludes halogenated alkanes) is 1. The van der Waals surface area contributed by atoms with Crippen LogP contribution in [0.25, 0.3) is 0 Å². The molecule has 0 fully saturated rings. The van der Waals surface area contributed by atoms with E-state index in [0.29, 0.717) is 5.75 Å². The summed E-state index contributed by atoms with van der Waals surface area (Å²) in [6.45, 7) is 6.30. The van der Waals surface area contributed by atoms with Crippen molar-refractivity contribution < 1.29 is 8.42 Å². The largest absolute Gasteiger partial charge is 0.317 e. The smallest absolute Gasteiger partial charge is 0.147 e. The first-order chi connectivity index (χ1) is 6.92. The van der Waals surface area contributed by atoms with Crippen LogP contribution in [0.15, 0.2) is 0 Å². The van der Waals surface area contributed by atoms with Crippen LogP contribution >= 0.6 is 0 Å². The lowest BCUT2D eigenvalue weighted by atomic mass is 10.1. The second-order valence-corrected chi connectivity index (χ2v) is 6.88. The fourth-order valence-electron chi connectivity index (χ4n) is 1.39. The Bertz CT molecular complexity index is 235. The molecule has 0 heterocycles. The van der Waals surface area contributed by atoms with Gasteiger partial charge in [-0.2, -0.15) is 0 Å². The maximum Gasteiger partial charge on any atom is 0.147 e. The van der Waals surface area contributed by atoms with E-state index in [4.69, 9.17) is 0 Å². The van der Waals surface area contributed by atoms with Gasteiger partial charge in [0.1, 0.15) is 9.84 Å². The second kappa shape index (κ2) is 8.11. The third kappa shape index (κ3) is 13.9. The van der Waals surface area contributed by atoms with Crippen LogP contribution in [0.1, 0.15) is 39.5 Å². The predicted octanol–water partition coefficient (Wildman–Crippen LogP) is 1.84. The van der Waals surface area contributed by atoms with Gasteiger partial charge >= 0.3 is 0 Å². The maximum atomic E-state index is 10.8. The molecule has 3 nitrogen and oxygen atoms in total. The van der Waals surface area contributed by atoms with Gasteiger partial charge in [-0.25, -0.2) is 8.42 Å². The molecule has 0 amide bonds. The summed E-state index contributed by atoms with van der Waals surface area (Å²) in [5, 5.41) is 3.27. The highest BCUT2D eigenvalue weighted by molar-refractivity contribution is 7.90. The number of rotatable bonds is 9. The molecule has 92 valence electrons. The molecule has 0 aliphatic carbocycles. The lowest BCUT2D eigenvalue weighted by molar-refractivity contribution is 0.520. The van der Waals surface area contributed by atoms with E-state index < -0.39 is 9.84 Å². The molecule has 0 spiro atoms. The molecule has 0 aromatic heterocycles. The summed E-state index contributed by atoms with van der Waals surface area (Å²) in [4.78, 5) is 0. The first-order valence-electron chi connectivity index (χ1n) is 5.80. The Hall–Kier alpha value is -0.0900. The van der Waals surface area contributed by atoms with E-state index >= 15 is 0 Å². The van der Waals surface area contributed by atoms with Crippen LogP contribution in [0.5, 0.6) is 0 Å². The van der Waals surface area contributed by atoms with Crippen molar-refractivity contribution in [2.75, 3.05) is 25.1 Å². The summed E-state index contributed by atoms with van der Waals surface area (Å²) in [5.41, 5.74) is 0. The Morgan fingerprint density at radius 2 is 1.67 bits per heavy atom. The highest BCUT2D eigenvalue weighted by atomic mass is 32.2. The van der Waals surface area contributed by atoms with Crippen LogP contribution in [-0.4, -0.2) is 33.5 Å². The summed E-state index contributed by atoms with van der Waals surface area (Å²) in [5.74, 6) is 1.08. The lowest BCUT2D eigenvalue weighted by Gasteiger charge is -2.05. The van der Waals surface area contributed by atoms with E-state index in [1.807, 2.05) is 0 Å². The quantitative estimate of drug-likeness (QED) is 0.620. The minimum Gasteiger partial charge on any atom is -0.317 e. The van der Waals surface area contributed by atoms with Gasteiger partial charge in [0.15, 0.2) is 0 Å². The summed E-state index contributed by atoms with van der Waals surface area (Å²) >= 11 is 0. The zero-order chi connectivity index (χ0) is 11.7. The Morgan fingerprint density at radius 1 is 1.07 bits per heavy atom. The van der Waals surface area contributed by atoms with Crippen molar-refractivity contribution in [2.45, 2.75) is 39.5 Å². The predicted molar refractivity (Wildman–Crippen MR) is 65.9 cm³/mol. The fourth-order valence-corrected chi connectivity index (χ4v) is 2.06. The summed E-state index contributed by atoms with van der Waals surface area (Å²) in [7, 11) is -2.77. The molecule has 0 rings (SSSR count). The number of hydrogen-bond donors (Lipinski definition) is 1. The molecule has 0 bridgehead atoms. The fraction of sp³-hybridized carbons (Fsp3) is 1.00. The number of hydrogen-bond acceptors (Lipinski definition) is 3. The zero-order valence-electron chi connectivity index (χ0n) is 10.3. The average Bonchev–Trinajstić information content (AvgIpc) is 2.07. The lowest BCUT2D eigenvalue weighted by Crippen LogP contribution is -2.19. The first kappa shape index (κ1) is 14.9. The number of nitrogens with one attached hydrogen (secondary N) is 1. The van der Waals surface area contributed by atoms with Crippen molar-refractivity contribution >= 4 is 9.84 Å². The van der Waals surface area contributed by atoms with Crippen molar-refractivity contribution in [3.63, 3.8) is 0 Å². The molecule has 0 unspecified atom stereocenters. The topological polar surface area (TPSA) is 46.2 Å². The van der Waals surface area contributed by atoms with Crippen molar-refractivity contribution in [3.05, 3.63) is 0 Å². The van der Waals surface area contributed by atoms with Gasteiger partial charge in [0.2, 0.25) is 0 Å². The molecular weight excluding hydrogens is 210 g/mol. The van der Waals surface area contributed by atoms with E-state index in [-0.39, 0.29) is 0 Å². The van der Waals surface area contributed by atoms with E-state index in [9.17, 15) is 8.42 Å². The van der Waals surface area contributed by atoms with E-state index in [0.717, 1.165) is 25.4 Å². The first-order valence-corrected chi connectivity index (χ1v) is 7.86. The second-order valence-electron chi connectivity index (χ2n) is 4.62. The Kier molecular flexibility index (Phi) is 8.06. The third-order valence-electron chi connectivity index (χ3n) is 2.25. The molecule has 0 saturated carbocycles. The normalized spacial score (nSPS) is 12.3. The van der Waals surface area contributed by atoms with Crippen molar-refractivity contribution in [1.82, 2.24) is 5.32 Å². The van der Waals surface area contributed by atoms with E-state index in [2.05, 4.69) is 19.2 Å². The monoisotopic (exact) mass is 235 g/mol. The van der Waals surface area contributed by atoms with Gasteiger partial charge < -0.3 is 5.32 Å². The molecule has 1 N–H and O–H groups in total. The van der Waals surface area contributed by atoms with Gasteiger partial charge in [0.25, 0.3) is 0 Å². The van der Waals surface area contributed by atoms with Gasteiger partial charge in [0, 0.05) is 6.26 Å². The third-order valence-corrected chi connectivity index (χ3v) is 3.28. The summed E-state index contributed by atoms with van der Waals surface area (Å²) in [6.07, 6.45) is 5.75. The van der Waals surface area contributed by atoms with Crippen LogP contribution in [0.3, 0.4) is 0 Å². The summed E-state index contributed by atoms with van der Waals surface area (Å²) in [6, 6.07) is 0. The minimum absolute atomic E-state index is 0.298. The Labute approximate surface area is 94.6 Å². The zero-order valence-corrected chi connectivity index (χ0v) is 11.1. The van der Waals surface area contributed by atoms with Crippen molar-refractivity contribution in [1.29, 1.82) is 0 Å². The van der Waals surface area contributed by atoms with Crippen LogP contribution in [-0.2, 0) is 9.84 Å². The van der Waals surface area contributed by atoms with Crippen LogP contribution in [0, 0.1) is 5.92 Å². The molecule has 0 radical (unpaired) electrons. The minimum atomic E-state index is -2.77. The highest BCUT2D eigenvalue weighted by Gasteiger charge is 2.00. The molecule has 15 heavy (non-hydrogen) atoms.